The van der Waals surface area contributed by atoms with Crippen LogP contribution in [0.3, 0.4) is 0 Å². The van der Waals surface area contributed by atoms with Crippen molar-refractivity contribution >= 4 is 11.5 Å². The fraction of sp³-hybridized carbons (Fsp3) is 0.333. The molecule has 19 heavy (non-hydrogen) atoms. The fourth-order valence-corrected chi connectivity index (χ4v) is 1.80. The molecule has 1 aromatic carbocycles. The molecule has 2 aromatic rings. The van der Waals surface area contributed by atoms with Crippen LogP contribution < -0.4 is 10.2 Å². The second-order valence-electron chi connectivity index (χ2n) is 4.45. The van der Waals surface area contributed by atoms with Gasteiger partial charge in [0.15, 0.2) is 5.82 Å². The van der Waals surface area contributed by atoms with E-state index in [1.54, 1.807) is 0 Å². The third kappa shape index (κ3) is 3.76. The number of nitrogens with zero attached hydrogens (tertiary/aromatic N) is 3. The Kier molecular flexibility index (Phi) is 4.86. The average Bonchev–Trinajstić information content (AvgIpc) is 2.48. The normalized spacial score (nSPS) is 10.4. The number of hydrogen-bond acceptors (Lipinski definition) is 4. The van der Waals surface area contributed by atoms with E-state index in [0.29, 0.717) is 0 Å². The first-order chi connectivity index (χ1) is 9.31. The van der Waals surface area contributed by atoms with Crippen LogP contribution >= 0.6 is 0 Å². The smallest absolute Gasteiger partial charge is 0.155 e. The van der Waals surface area contributed by atoms with Crippen molar-refractivity contribution in [1.82, 2.24) is 15.5 Å². The highest BCUT2D eigenvalue weighted by atomic mass is 15.2. The quantitative estimate of drug-likeness (QED) is 0.807. The highest BCUT2D eigenvalue weighted by molar-refractivity contribution is 5.58. The average molecular weight is 256 g/mol. The molecule has 0 aliphatic heterocycles. The van der Waals surface area contributed by atoms with E-state index in [1.807, 2.05) is 42.3 Å². The lowest BCUT2D eigenvalue weighted by Crippen LogP contribution is -2.16. The molecule has 0 saturated carbocycles. The Labute approximate surface area is 114 Å². The minimum Gasteiger partial charge on any atom is -0.328 e. The Bertz CT molecular complexity index is 481. The van der Waals surface area contributed by atoms with E-state index in [9.17, 15) is 0 Å². The van der Waals surface area contributed by atoms with Crippen LogP contribution in [0.1, 0.15) is 19.0 Å². The molecule has 0 aliphatic rings. The third-order valence-electron chi connectivity index (χ3n) is 2.93. The van der Waals surface area contributed by atoms with Gasteiger partial charge in [-0.3, -0.25) is 0 Å². The van der Waals surface area contributed by atoms with Gasteiger partial charge in [0, 0.05) is 19.3 Å². The molecule has 0 bridgehead atoms. The minimum absolute atomic E-state index is 0.774. The van der Waals surface area contributed by atoms with Crippen LogP contribution in [0.5, 0.6) is 0 Å². The van der Waals surface area contributed by atoms with Gasteiger partial charge in [0.2, 0.25) is 0 Å². The summed E-state index contributed by atoms with van der Waals surface area (Å²) in [4.78, 5) is 2.02. The van der Waals surface area contributed by atoms with Crippen LogP contribution in [0.15, 0.2) is 42.5 Å². The summed E-state index contributed by atoms with van der Waals surface area (Å²) >= 11 is 0. The van der Waals surface area contributed by atoms with E-state index in [4.69, 9.17) is 0 Å². The molecule has 0 aliphatic carbocycles. The molecule has 0 saturated heterocycles. The maximum absolute atomic E-state index is 4.27. The fourth-order valence-electron chi connectivity index (χ4n) is 1.80. The highest BCUT2D eigenvalue weighted by Gasteiger charge is 2.05. The molecule has 1 aromatic heterocycles. The Morgan fingerprint density at radius 2 is 1.84 bits per heavy atom. The van der Waals surface area contributed by atoms with Crippen molar-refractivity contribution < 1.29 is 0 Å². The van der Waals surface area contributed by atoms with Crippen molar-refractivity contribution in [2.45, 2.75) is 19.9 Å². The number of nitrogens with one attached hydrogen (secondary N) is 1. The Hall–Kier alpha value is -1.94. The molecule has 2 rings (SSSR count). The molecule has 1 N–H and O–H groups in total. The van der Waals surface area contributed by atoms with Crippen molar-refractivity contribution in [3.63, 3.8) is 0 Å². The summed E-state index contributed by atoms with van der Waals surface area (Å²) in [6, 6.07) is 14.2. The van der Waals surface area contributed by atoms with E-state index in [2.05, 4.69) is 34.6 Å². The Morgan fingerprint density at radius 1 is 1.05 bits per heavy atom. The molecule has 0 radical (unpaired) electrons. The number of hydrogen-bond donors (Lipinski definition) is 1. The number of aromatic nitrogens is 2. The van der Waals surface area contributed by atoms with Gasteiger partial charge in [0.05, 0.1) is 5.69 Å². The standard InChI is InChI=1S/C15H20N4/c1-3-11-16-12-13-9-10-15(18-17-13)19(2)14-7-5-4-6-8-14/h4-10,16H,3,11-12H2,1-2H3. The molecule has 0 unspecified atom stereocenters. The predicted molar refractivity (Wildman–Crippen MR) is 78.5 cm³/mol. The van der Waals surface area contributed by atoms with Crippen LogP contribution in [-0.2, 0) is 6.54 Å². The zero-order chi connectivity index (χ0) is 13.5. The maximum atomic E-state index is 4.27. The summed E-state index contributed by atoms with van der Waals surface area (Å²) in [6.45, 7) is 3.93. The summed E-state index contributed by atoms with van der Waals surface area (Å²) in [7, 11) is 1.99. The van der Waals surface area contributed by atoms with E-state index >= 15 is 0 Å². The van der Waals surface area contributed by atoms with E-state index in [1.165, 1.54) is 0 Å². The van der Waals surface area contributed by atoms with Gasteiger partial charge in [-0.25, -0.2) is 0 Å². The molecule has 100 valence electrons. The number of anilines is 2. The van der Waals surface area contributed by atoms with E-state index in [0.717, 1.165) is 36.7 Å². The predicted octanol–water partition coefficient (Wildman–Crippen LogP) is 2.74. The van der Waals surface area contributed by atoms with Crippen LogP contribution in [-0.4, -0.2) is 23.8 Å². The van der Waals surface area contributed by atoms with Crippen molar-refractivity contribution in [2.75, 3.05) is 18.5 Å². The second kappa shape index (κ2) is 6.85. The van der Waals surface area contributed by atoms with Gasteiger partial charge in [-0.05, 0) is 37.2 Å². The Morgan fingerprint density at radius 3 is 2.47 bits per heavy atom. The van der Waals surface area contributed by atoms with E-state index in [-0.39, 0.29) is 0 Å². The highest BCUT2D eigenvalue weighted by Crippen LogP contribution is 2.19. The van der Waals surface area contributed by atoms with Gasteiger partial charge < -0.3 is 10.2 Å². The van der Waals surface area contributed by atoms with Crippen LogP contribution in [0, 0.1) is 0 Å². The molecule has 1 heterocycles. The second-order valence-corrected chi connectivity index (χ2v) is 4.45. The molecule has 0 amide bonds. The van der Waals surface area contributed by atoms with Gasteiger partial charge in [0.1, 0.15) is 0 Å². The summed E-state index contributed by atoms with van der Waals surface area (Å²) in [5.41, 5.74) is 2.08. The van der Waals surface area contributed by atoms with Crippen LogP contribution in [0.4, 0.5) is 11.5 Å². The summed E-state index contributed by atoms with van der Waals surface area (Å²) in [5, 5.41) is 11.8. The zero-order valence-electron chi connectivity index (χ0n) is 11.5. The molecular formula is C15H20N4. The van der Waals surface area contributed by atoms with Crippen molar-refractivity contribution in [3.05, 3.63) is 48.2 Å². The Balaban J connectivity index is 2.02. The van der Waals surface area contributed by atoms with Crippen LogP contribution in [0.2, 0.25) is 0 Å². The molecule has 4 heteroatoms. The summed E-state index contributed by atoms with van der Waals surface area (Å²) in [6.07, 6.45) is 1.13. The molecular weight excluding hydrogens is 236 g/mol. The van der Waals surface area contributed by atoms with Gasteiger partial charge in [-0.1, -0.05) is 25.1 Å². The lowest BCUT2D eigenvalue weighted by molar-refractivity contribution is 0.656. The summed E-state index contributed by atoms with van der Waals surface area (Å²) in [5.74, 6) is 0.852. The van der Waals surface area contributed by atoms with E-state index < -0.39 is 0 Å². The van der Waals surface area contributed by atoms with Gasteiger partial charge >= 0.3 is 0 Å². The lowest BCUT2D eigenvalue weighted by atomic mass is 10.3. The number of rotatable bonds is 6. The topological polar surface area (TPSA) is 41.0 Å². The molecule has 0 atom stereocenters. The van der Waals surface area contributed by atoms with Crippen molar-refractivity contribution in [2.24, 2.45) is 0 Å². The minimum atomic E-state index is 0.774. The first kappa shape index (κ1) is 13.5. The van der Waals surface area contributed by atoms with Crippen molar-refractivity contribution in [1.29, 1.82) is 0 Å². The number of para-hydroxylation sites is 1. The molecule has 0 spiro atoms. The zero-order valence-corrected chi connectivity index (χ0v) is 11.5. The van der Waals surface area contributed by atoms with Gasteiger partial charge in [-0.2, -0.15) is 5.10 Å². The van der Waals surface area contributed by atoms with Gasteiger partial charge in [0.25, 0.3) is 0 Å². The number of benzene rings is 1. The summed E-state index contributed by atoms with van der Waals surface area (Å²) < 4.78 is 0. The van der Waals surface area contributed by atoms with Crippen molar-refractivity contribution in [3.8, 4) is 0 Å². The largest absolute Gasteiger partial charge is 0.328 e. The van der Waals surface area contributed by atoms with Crippen LogP contribution in [0.25, 0.3) is 0 Å². The SMILES string of the molecule is CCCNCc1ccc(N(C)c2ccccc2)nn1. The maximum Gasteiger partial charge on any atom is 0.155 e. The first-order valence-corrected chi connectivity index (χ1v) is 6.63. The third-order valence-corrected chi connectivity index (χ3v) is 2.93. The van der Waals surface area contributed by atoms with Gasteiger partial charge in [-0.15, -0.1) is 5.10 Å². The first-order valence-electron chi connectivity index (χ1n) is 6.63. The lowest BCUT2D eigenvalue weighted by Gasteiger charge is -2.17. The molecule has 0 fully saturated rings. The molecule has 4 nitrogen and oxygen atoms in total. The monoisotopic (exact) mass is 256 g/mol.